The lowest BCUT2D eigenvalue weighted by Gasteiger charge is -2.19. The number of carbonyl (C=O) groups is 2. The molecule has 0 fully saturated rings. The molecule has 4 heterocycles. The van der Waals surface area contributed by atoms with Crippen LogP contribution in [-0.2, 0) is 22.6 Å². The van der Waals surface area contributed by atoms with Crippen LogP contribution in [-0.4, -0.2) is 68.2 Å². The predicted molar refractivity (Wildman–Crippen MR) is 120 cm³/mol. The average Bonchev–Trinajstić information content (AvgIpc) is 3.45. The number of rotatable bonds is 3. The van der Waals surface area contributed by atoms with E-state index in [1.54, 1.807) is 0 Å². The molecule has 4 N–H and O–H groups in total. The number of carboxylic acids is 2. The molecule has 4 rings (SSSR count). The fraction of sp³-hybridized carbons (Fsp3) is 0.400. The van der Waals surface area contributed by atoms with Gasteiger partial charge in [-0.2, -0.15) is 31.3 Å². The van der Waals surface area contributed by atoms with Gasteiger partial charge in [-0.05, 0) is 37.9 Å². The van der Waals surface area contributed by atoms with E-state index in [-0.39, 0.29) is 0 Å². The van der Waals surface area contributed by atoms with E-state index >= 15 is 0 Å². The third-order valence-electron chi connectivity index (χ3n) is 4.67. The quantitative estimate of drug-likeness (QED) is 0.339. The van der Waals surface area contributed by atoms with Crippen molar-refractivity contribution < 1.29 is 50.7 Å². The summed E-state index contributed by atoms with van der Waals surface area (Å²) in [5.74, 6) is -4.40. The van der Waals surface area contributed by atoms with E-state index in [1.165, 1.54) is 22.5 Å². The van der Waals surface area contributed by atoms with Gasteiger partial charge in [0.15, 0.2) is 5.13 Å². The van der Waals surface area contributed by atoms with Gasteiger partial charge in [-0.15, -0.1) is 0 Å². The van der Waals surface area contributed by atoms with Crippen LogP contribution in [0.2, 0.25) is 0 Å². The topological polar surface area (TPSA) is 163 Å². The van der Waals surface area contributed by atoms with Crippen LogP contribution in [0.15, 0.2) is 10.7 Å². The summed E-state index contributed by atoms with van der Waals surface area (Å²) in [6.07, 6.45) is -7.28. The first kappa shape index (κ1) is 30.4. The van der Waals surface area contributed by atoms with Gasteiger partial charge in [-0.1, -0.05) is 16.5 Å². The Morgan fingerprint density at radius 3 is 2.13 bits per heavy atom. The van der Waals surface area contributed by atoms with Crippen molar-refractivity contribution in [2.24, 2.45) is 0 Å². The summed E-state index contributed by atoms with van der Waals surface area (Å²) in [6.45, 7) is 5.72. The number of halogens is 6. The molecule has 0 amide bonds. The summed E-state index contributed by atoms with van der Waals surface area (Å²) >= 11 is 1.51. The van der Waals surface area contributed by atoms with Gasteiger partial charge in [0, 0.05) is 31.0 Å². The number of nitrogens with zero attached hydrogens (tertiary/aromatic N) is 4. The number of carboxylic acid groups (broad SMARTS) is 2. The van der Waals surface area contributed by atoms with Crippen LogP contribution in [0.1, 0.15) is 22.5 Å². The standard InChI is InChI=1S/C16H18N6OS.2C2HF3O2/c1-8-12(11-4-5-18-6-10(11)7-19-8)14-21-15(23-22-14)13-9(2)20-16(17-3)24-13;2*3-2(4,5)1(6)7/h7,18H,4-6H2,1-3H3,(H,17,20);2*(H,6,7). The number of hydrogen-bond donors (Lipinski definition) is 4. The minimum Gasteiger partial charge on any atom is -0.475 e. The number of aryl methyl sites for hydroxylation is 2. The van der Waals surface area contributed by atoms with Gasteiger partial charge < -0.3 is 25.4 Å². The Hall–Kier alpha value is -3.80. The summed E-state index contributed by atoms with van der Waals surface area (Å²) in [6, 6.07) is 0. The highest BCUT2D eigenvalue weighted by molar-refractivity contribution is 7.19. The van der Waals surface area contributed by atoms with E-state index in [2.05, 4.69) is 30.7 Å². The van der Waals surface area contributed by atoms with Crippen molar-refractivity contribution in [3.8, 4) is 22.2 Å². The molecule has 0 aliphatic carbocycles. The van der Waals surface area contributed by atoms with Gasteiger partial charge in [0.1, 0.15) is 4.88 Å². The number of thiazole rings is 1. The zero-order valence-electron chi connectivity index (χ0n) is 19.8. The summed E-state index contributed by atoms with van der Waals surface area (Å²) < 4.78 is 69.0. The second-order valence-electron chi connectivity index (χ2n) is 7.36. The lowest BCUT2D eigenvalue weighted by atomic mass is 9.95. The predicted octanol–water partition coefficient (Wildman–Crippen LogP) is 3.83. The first-order chi connectivity index (χ1) is 17.6. The number of alkyl halides is 6. The first-order valence-corrected chi connectivity index (χ1v) is 11.2. The lowest BCUT2D eigenvalue weighted by molar-refractivity contribution is -0.193. The Morgan fingerprint density at radius 1 is 1.05 bits per heavy atom. The highest BCUT2D eigenvalue weighted by Gasteiger charge is 2.38. The Bertz CT molecular complexity index is 1270. The summed E-state index contributed by atoms with van der Waals surface area (Å²) in [5.41, 5.74) is 5.29. The van der Waals surface area contributed by atoms with Crippen molar-refractivity contribution >= 4 is 28.4 Å². The van der Waals surface area contributed by atoms with E-state index in [0.717, 1.165) is 46.5 Å². The molecule has 3 aromatic rings. The fourth-order valence-corrected chi connectivity index (χ4v) is 3.83. The fourth-order valence-electron chi connectivity index (χ4n) is 2.99. The van der Waals surface area contributed by atoms with Gasteiger partial charge in [0.05, 0.1) is 5.69 Å². The SMILES string of the molecule is CNc1nc(C)c(-c2nc(-c3c(C)ncc4c3CCNC4)no2)s1.O=C(O)C(F)(F)F.O=C(O)C(F)(F)F. The van der Waals surface area contributed by atoms with Crippen LogP contribution in [0, 0.1) is 13.8 Å². The van der Waals surface area contributed by atoms with Crippen molar-refractivity contribution in [3.63, 3.8) is 0 Å². The maximum Gasteiger partial charge on any atom is 0.490 e. The zero-order valence-corrected chi connectivity index (χ0v) is 20.6. The van der Waals surface area contributed by atoms with E-state index in [1.807, 2.05) is 27.1 Å². The molecule has 1 aliphatic heterocycles. The third kappa shape index (κ3) is 7.85. The molecule has 0 aromatic carbocycles. The van der Waals surface area contributed by atoms with Crippen LogP contribution >= 0.6 is 11.3 Å². The first-order valence-electron chi connectivity index (χ1n) is 10.3. The smallest absolute Gasteiger partial charge is 0.475 e. The molecule has 0 radical (unpaired) electrons. The minimum atomic E-state index is -5.08. The number of aromatic nitrogens is 4. The highest BCUT2D eigenvalue weighted by atomic mass is 32.1. The monoisotopic (exact) mass is 570 g/mol. The highest BCUT2D eigenvalue weighted by Crippen LogP contribution is 2.34. The molecule has 0 unspecified atom stereocenters. The Labute approximate surface area is 213 Å². The van der Waals surface area contributed by atoms with Crippen LogP contribution in [0.3, 0.4) is 0 Å². The van der Waals surface area contributed by atoms with Gasteiger partial charge in [0.25, 0.3) is 5.89 Å². The molecule has 208 valence electrons. The number of fused-ring (bicyclic) bond motifs is 1. The molecule has 11 nitrogen and oxygen atoms in total. The van der Waals surface area contributed by atoms with Crippen molar-refractivity contribution in [1.29, 1.82) is 0 Å². The Morgan fingerprint density at radius 2 is 1.63 bits per heavy atom. The van der Waals surface area contributed by atoms with Crippen LogP contribution in [0.25, 0.3) is 22.2 Å². The van der Waals surface area contributed by atoms with Crippen LogP contribution in [0.5, 0.6) is 0 Å². The van der Waals surface area contributed by atoms with Crippen LogP contribution in [0.4, 0.5) is 31.5 Å². The van der Waals surface area contributed by atoms with Crippen molar-refractivity contribution in [2.45, 2.75) is 39.2 Å². The molecule has 0 saturated carbocycles. The summed E-state index contributed by atoms with van der Waals surface area (Å²) in [4.78, 5) is 32.3. The number of anilines is 1. The number of nitrogens with one attached hydrogen (secondary N) is 2. The largest absolute Gasteiger partial charge is 0.490 e. The van der Waals surface area contributed by atoms with Gasteiger partial charge >= 0.3 is 24.3 Å². The number of aliphatic carboxylic acids is 2. The van der Waals surface area contributed by atoms with E-state index in [0.29, 0.717) is 11.7 Å². The molecule has 0 bridgehead atoms. The molecule has 0 saturated heterocycles. The van der Waals surface area contributed by atoms with Gasteiger partial charge in [0.2, 0.25) is 5.82 Å². The molecule has 0 atom stereocenters. The minimum absolute atomic E-state index is 0.507. The molecule has 38 heavy (non-hydrogen) atoms. The van der Waals surface area contributed by atoms with Crippen molar-refractivity contribution in [1.82, 2.24) is 25.4 Å². The second-order valence-corrected chi connectivity index (χ2v) is 8.36. The van der Waals surface area contributed by atoms with Gasteiger partial charge in [-0.25, -0.2) is 14.6 Å². The lowest BCUT2D eigenvalue weighted by Crippen LogP contribution is -2.24. The Balaban J connectivity index is 0.000000301. The summed E-state index contributed by atoms with van der Waals surface area (Å²) in [5, 5.41) is 25.7. The number of hydrogen-bond acceptors (Lipinski definition) is 10. The van der Waals surface area contributed by atoms with Crippen molar-refractivity contribution in [3.05, 3.63) is 28.7 Å². The molecular formula is C20H20F6N6O5S. The molecule has 1 aliphatic rings. The number of pyridine rings is 1. The molecule has 18 heteroatoms. The van der Waals surface area contributed by atoms with Gasteiger partial charge in [-0.3, -0.25) is 4.98 Å². The van der Waals surface area contributed by atoms with E-state index in [9.17, 15) is 26.3 Å². The van der Waals surface area contributed by atoms with E-state index < -0.39 is 24.3 Å². The Kier molecular flexibility index (Phi) is 9.74. The third-order valence-corrected chi connectivity index (χ3v) is 5.83. The normalized spacial score (nSPS) is 12.9. The second kappa shape index (κ2) is 12.2. The van der Waals surface area contributed by atoms with Crippen LogP contribution < -0.4 is 10.6 Å². The maximum atomic E-state index is 10.6. The molecule has 3 aromatic heterocycles. The van der Waals surface area contributed by atoms with E-state index in [4.69, 9.17) is 24.3 Å². The average molecular weight is 570 g/mol. The molecular weight excluding hydrogens is 550 g/mol. The molecule has 0 spiro atoms. The maximum absolute atomic E-state index is 10.6. The van der Waals surface area contributed by atoms with Crippen molar-refractivity contribution in [2.75, 3.05) is 18.9 Å². The summed E-state index contributed by atoms with van der Waals surface area (Å²) in [7, 11) is 1.85. The zero-order chi connectivity index (χ0) is 28.8.